The Morgan fingerprint density at radius 2 is 2.08 bits per heavy atom. The van der Waals surface area contributed by atoms with Crippen LogP contribution in [0.2, 0.25) is 0 Å². The van der Waals surface area contributed by atoms with Crippen molar-refractivity contribution >= 4 is 17.5 Å². The molecule has 1 aliphatic heterocycles. The number of rotatable bonds is 8. The molecule has 1 aromatic carbocycles. The standard InChI is InChI=1S/C18H27N3O4/c1-20(2)9-5-8-19-18(23)13-10-17(22)21(12-13)15-11-14(24-3)6-7-16(15)25-4/h6-7,11,13H,5,8-10,12H2,1-4H3,(H,19,23). The number of benzene rings is 1. The molecular formula is C18H27N3O4. The van der Waals surface area contributed by atoms with Crippen molar-refractivity contribution in [3.05, 3.63) is 18.2 Å². The Morgan fingerprint density at radius 1 is 1.32 bits per heavy atom. The van der Waals surface area contributed by atoms with Crippen LogP contribution in [0.5, 0.6) is 11.5 Å². The topological polar surface area (TPSA) is 71.1 Å². The molecule has 138 valence electrons. The molecule has 0 saturated carbocycles. The van der Waals surface area contributed by atoms with E-state index in [0.717, 1.165) is 13.0 Å². The van der Waals surface area contributed by atoms with Gasteiger partial charge in [-0.15, -0.1) is 0 Å². The third kappa shape index (κ3) is 4.85. The molecule has 2 rings (SSSR count). The van der Waals surface area contributed by atoms with Crippen LogP contribution in [0.25, 0.3) is 0 Å². The number of carbonyl (C=O) groups is 2. The molecule has 1 aliphatic rings. The van der Waals surface area contributed by atoms with Gasteiger partial charge in [-0.1, -0.05) is 0 Å². The minimum atomic E-state index is -0.345. The summed E-state index contributed by atoms with van der Waals surface area (Å²) in [5.74, 6) is 0.723. The molecule has 1 N–H and O–H groups in total. The van der Waals surface area contributed by atoms with Gasteiger partial charge >= 0.3 is 0 Å². The summed E-state index contributed by atoms with van der Waals surface area (Å²) in [7, 11) is 7.12. The zero-order valence-electron chi connectivity index (χ0n) is 15.4. The van der Waals surface area contributed by atoms with Crippen molar-refractivity contribution in [3.8, 4) is 11.5 Å². The molecule has 1 heterocycles. The lowest BCUT2D eigenvalue weighted by Gasteiger charge is -2.20. The summed E-state index contributed by atoms with van der Waals surface area (Å²) in [4.78, 5) is 28.4. The minimum absolute atomic E-state index is 0.0727. The van der Waals surface area contributed by atoms with Crippen molar-refractivity contribution in [1.29, 1.82) is 0 Å². The highest BCUT2D eigenvalue weighted by Crippen LogP contribution is 2.35. The second kappa shape index (κ2) is 8.71. The molecule has 0 aromatic heterocycles. The highest BCUT2D eigenvalue weighted by atomic mass is 16.5. The van der Waals surface area contributed by atoms with Gasteiger partial charge in [-0.3, -0.25) is 9.59 Å². The molecule has 1 atom stereocenters. The van der Waals surface area contributed by atoms with E-state index in [9.17, 15) is 9.59 Å². The van der Waals surface area contributed by atoms with Crippen LogP contribution in [0.1, 0.15) is 12.8 Å². The number of ether oxygens (including phenoxy) is 2. The molecule has 0 aliphatic carbocycles. The highest BCUT2D eigenvalue weighted by Gasteiger charge is 2.36. The fraction of sp³-hybridized carbons (Fsp3) is 0.556. The summed E-state index contributed by atoms with van der Waals surface area (Å²) in [5, 5.41) is 2.92. The van der Waals surface area contributed by atoms with Crippen molar-refractivity contribution in [2.75, 3.05) is 52.8 Å². The third-order valence-electron chi connectivity index (χ3n) is 4.25. The van der Waals surface area contributed by atoms with Crippen LogP contribution >= 0.6 is 0 Å². The van der Waals surface area contributed by atoms with E-state index in [1.807, 2.05) is 14.1 Å². The number of carbonyl (C=O) groups excluding carboxylic acids is 2. The number of anilines is 1. The van der Waals surface area contributed by atoms with Gasteiger partial charge in [0.25, 0.3) is 0 Å². The maximum absolute atomic E-state index is 12.4. The fourth-order valence-corrected chi connectivity index (χ4v) is 2.87. The van der Waals surface area contributed by atoms with Gasteiger partial charge in [0.1, 0.15) is 11.5 Å². The first-order chi connectivity index (χ1) is 12.0. The number of hydrogen-bond acceptors (Lipinski definition) is 5. The summed E-state index contributed by atoms with van der Waals surface area (Å²) in [6, 6.07) is 5.29. The summed E-state index contributed by atoms with van der Waals surface area (Å²) in [6.45, 7) is 1.88. The maximum atomic E-state index is 12.4. The van der Waals surface area contributed by atoms with Gasteiger partial charge in [-0.05, 0) is 39.2 Å². The maximum Gasteiger partial charge on any atom is 0.227 e. The van der Waals surface area contributed by atoms with Crippen LogP contribution in [0, 0.1) is 5.92 Å². The van der Waals surface area contributed by atoms with Crippen LogP contribution in [0.4, 0.5) is 5.69 Å². The molecule has 0 bridgehead atoms. The molecule has 1 aromatic rings. The van der Waals surface area contributed by atoms with Crippen molar-refractivity contribution in [2.24, 2.45) is 5.92 Å². The number of amides is 2. The van der Waals surface area contributed by atoms with Gasteiger partial charge in [0, 0.05) is 25.6 Å². The van der Waals surface area contributed by atoms with Gasteiger partial charge in [-0.25, -0.2) is 0 Å². The fourth-order valence-electron chi connectivity index (χ4n) is 2.87. The average Bonchev–Trinajstić information content (AvgIpc) is 2.99. The monoisotopic (exact) mass is 349 g/mol. The summed E-state index contributed by atoms with van der Waals surface area (Å²) in [5.41, 5.74) is 0.634. The van der Waals surface area contributed by atoms with E-state index in [1.54, 1.807) is 37.3 Å². The van der Waals surface area contributed by atoms with Crippen molar-refractivity contribution < 1.29 is 19.1 Å². The quantitative estimate of drug-likeness (QED) is 0.712. The summed E-state index contributed by atoms with van der Waals surface area (Å²) in [6.07, 6.45) is 1.09. The predicted octanol–water partition coefficient (Wildman–Crippen LogP) is 1.12. The zero-order valence-corrected chi connectivity index (χ0v) is 15.4. The Labute approximate surface area is 148 Å². The predicted molar refractivity (Wildman–Crippen MR) is 96.2 cm³/mol. The zero-order chi connectivity index (χ0) is 18.4. The lowest BCUT2D eigenvalue weighted by molar-refractivity contribution is -0.126. The Kier molecular flexibility index (Phi) is 6.64. The first kappa shape index (κ1) is 19.1. The number of methoxy groups -OCH3 is 2. The number of hydrogen-bond donors (Lipinski definition) is 1. The largest absolute Gasteiger partial charge is 0.497 e. The van der Waals surface area contributed by atoms with Gasteiger partial charge in [0.15, 0.2) is 0 Å². The minimum Gasteiger partial charge on any atom is -0.497 e. The average molecular weight is 349 g/mol. The summed E-state index contributed by atoms with van der Waals surface area (Å²) < 4.78 is 10.6. The molecule has 1 unspecified atom stereocenters. The van der Waals surface area contributed by atoms with Crippen LogP contribution in [0.3, 0.4) is 0 Å². The smallest absolute Gasteiger partial charge is 0.227 e. The Balaban J connectivity index is 2.01. The van der Waals surface area contributed by atoms with E-state index >= 15 is 0 Å². The van der Waals surface area contributed by atoms with E-state index in [4.69, 9.17) is 9.47 Å². The van der Waals surface area contributed by atoms with Crippen LogP contribution in [-0.4, -0.2) is 64.7 Å². The molecule has 7 heteroatoms. The molecule has 2 amide bonds. The second-order valence-corrected chi connectivity index (χ2v) is 6.39. The van der Waals surface area contributed by atoms with E-state index in [0.29, 0.717) is 30.3 Å². The lowest BCUT2D eigenvalue weighted by atomic mass is 10.1. The molecule has 0 spiro atoms. The third-order valence-corrected chi connectivity index (χ3v) is 4.25. The number of nitrogens with zero attached hydrogens (tertiary/aromatic N) is 2. The highest BCUT2D eigenvalue weighted by molar-refractivity contribution is 6.01. The molecular weight excluding hydrogens is 322 g/mol. The van der Waals surface area contributed by atoms with Crippen LogP contribution < -0.4 is 19.7 Å². The van der Waals surface area contributed by atoms with Crippen LogP contribution in [0.15, 0.2) is 18.2 Å². The van der Waals surface area contributed by atoms with Crippen molar-refractivity contribution in [3.63, 3.8) is 0 Å². The Bertz CT molecular complexity index is 618. The van der Waals surface area contributed by atoms with Gasteiger partial charge in [0.2, 0.25) is 11.8 Å². The molecule has 1 fully saturated rings. The van der Waals surface area contributed by atoms with Crippen molar-refractivity contribution in [1.82, 2.24) is 10.2 Å². The van der Waals surface area contributed by atoms with Gasteiger partial charge in [-0.2, -0.15) is 0 Å². The molecule has 0 radical (unpaired) electrons. The second-order valence-electron chi connectivity index (χ2n) is 6.39. The Hall–Kier alpha value is -2.28. The first-order valence-electron chi connectivity index (χ1n) is 8.41. The van der Waals surface area contributed by atoms with Crippen LogP contribution in [-0.2, 0) is 9.59 Å². The van der Waals surface area contributed by atoms with Gasteiger partial charge < -0.3 is 24.6 Å². The van der Waals surface area contributed by atoms with Gasteiger partial charge in [0.05, 0.1) is 25.8 Å². The normalized spacial score (nSPS) is 17.1. The van der Waals surface area contributed by atoms with Crippen molar-refractivity contribution in [2.45, 2.75) is 12.8 Å². The number of nitrogens with one attached hydrogen (secondary N) is 1. The van der Waals surface area contributed by atoms with E-state index < -0.39 is 0 Å². The molecule has 25 heavy (non-hydrogen) atoms. The van der Waals surface area contributed by atoms with E-state index in [2.05, 4.69) is 10.2 Å². The first-order valence-corrected chi connectivity index (χ1v) is 8.41. The lowest BCUT2D eigenvalue weighted by Crippen LogP contribution is -2.34. The summed E-state index contributed by atoms with van der Waals surface area (Å²) >= 11 is 0. The van der Waals surface area contributed by atoms with E-state index in [-0.39, 0.29) is 24.2 Å². The Morgan fingerprint density at radius 3 is 2.72 bits per heavy atom. The molecule has 1 saturated heterocycles. The SMILES string of the molecule is COc1ccc(OC)c(N2CC(C(=O)NCCCN(C)C)CC2=O)c1. The molecule has 7 nitrogen and oxygen atoms in total. The van der Waals surface area contributed by atoms with E-state index in [1.165, 1.54) is 0 Å².